The fourth-order valence-corrected chi connectivity index (χ4v) is 2.84. The van der Waals surface area contributed by atoms with Gasteiger partial charge in [-0.05, 0) is 36.3 Å². The molecular weight excluding hydrogens is 244 g/mol. The first kappa shape index (κ1) is 13.0. The van der Waals surface area contributed by atoms with E-state index >= 15 is 0 Å². The molecule has 3 heteroatoms. The van der Waals surface area contributed by atoms with E-state index in [1.165, 1.54) is 7.11 Å². The van der Waals surface area contributed by atoms with Crippen LogP contribution < -0.4 is 0 Å². The molecule has 2 nitrogen and oxygen atoms in total. The van der Waals surface area contributed by atoms with Gasteiger partial charge in [0.2, 0.25) is 0 Å². The molecule has 0 unspecified atom stereocenters. The number of hydrogen-bond acceptors (Lipinski definition) is 3. The summed E-state index contributed by atoms with van der Waals surface area (Å²) in [7, 11) is 1.40. The molecule has 0 N–H and O–H groups in total. The summed E-state index contributed by atoms with van der Waals surface area (Å²) in [6.07, 6.45) is 7.68. The van der Waals surface area contributed by atoms with Crippen molar-refractivity contribution in [3.05, 3.63) is 29.3 Å². The summed E-state index contributed by atoms with van der Waals surface area (Å²) in [5.41, 5.74) is 1.69. The highest BCUT2D eigenvalue weighted by Crippen LogP contribution is 2.48. The third kappa shape index (κ3) is 2.26. The minimum absolute atomic E-state index is 0.0856. The van der Waals surface area contributed by atoms with Crippen LogP contribution in [0.15, 0.2) is 23.1 Å². The number of methoxy groups -OCH3 is 1. The van der Waals surface area contributed by atoms with E-state index in [4.69, 9.17) is 11.2 Å². The Morgan fingerprint density at radius 3 is 2.78 bits per heavy atom. The first-order chi connectivity index (χ1) is 8.66. The van der Waals surface area contributed by atoms with E-state index in [0.717, 1.165) is 29.1 Å². The lowest BCUT2D eigenvalue weighted by Gasteiger charge is -2.12. The van der Waals surface area contributed by atoms with Crippen LogP contribution in [0.1, 0.15) is 35.7 Å². The second-order valence-corrected chi connectivity index (χ2v) is 5.67. The summed E-state index contributed by atoms with van der Waals surface area (Å²) in [6.45, 7) is 2.06. The van der Waals surface area contributed by atoms with E-state index in [1.54, 1.807) is 11.8 Å². The van der Waals surface area contributed by atoms with Crippen LogP contribution in [0.3, 0.4) is 0 Å². The Bertz CT molecular complexity index is 510. The minimum Gasteiger partial charge on any atom is -0.465 e. The molecule has 0 radical (unpaired) electrons. The average Bonchev–Trinajstić information content (AvgIpc) is 3.19. The predicted octanol–water partition coefficient (Wildman–Crippen LogP) is 3.25. The Hall–Kier alpha value is -1.40. The van der Waals surface area contributed by atoms with Gasteiger partial charge < -0.3 is 4.74 Å². The molecule has 1 fully saturated rings. The fraction of sp³-hybridized carbons (Fsp3) is 0.400. The van der Waals surface area contributed by atoms with Gasteiger partial charge in [0.05, 0.1) is 18.1 Å². The van der Waals surface area contributed by atoms with Crippen molar-refractivity contribution >= 4 is 17.7 Å². The SMILES string of the molecule is C#CC1(c2ccc(C(=O)OC)c(SCC)c2)CC1. The van der Waals surface area contributed by atoms with Crippen molar-refractivity contribution in [3.63, 3.8) is 0 Å². The van der Waals surface area contributed by atoms with Crippen molar-refractivity contribution in [1.82, 2.24) is 0 Å². The lowest BCUT2D eigenvalue weighted by atomic mass is 9.96. The number of rotatable bonds is 4. The lowest BCUT2D eigenvalue weighted by Crippen LogP contribution is -2.07. The highest BCUT2D eigenvalue weighted by Gasteiger charge is 2.42. The van der Waals surface area contributed by atoms with E-state index in [2.05, 4.69) is 12.8 Å². The Labute approximate surface area is 112 Å². The molecule has 1 aromatic carbocycles. The summed E-state index contributed by atoms with van der Waals surface area (Å²) in [5, 5.41) is 0. The molecule has 0 aromatic heterocycles. The highest BCUT2D eigenvalue weighted by molar-refractivity contribution is 7.99. The second-order valence-electron chi connectivity index (χ2n) is 4.36. The molecule has 0 amide bonds. The maximum absolute atomic E-state index is 11.7. The lowest BCUT2D eigenvalue weighted by molar-refractivity contribution is 0.0597. The van der Waals surface area contributed by atoms with Crippen LogP contribution in [0.2, 0.25) is 0 Å². The third-order valence-corrected chi connectivity index (χ3v) is 4.20. The van der Waals surface area contributed by atoms with Gasteiger partial charge in [-0.25, -0.2) is 4.79 Å². The van der Waals surface area contributed by atoms with Gasteiger partial charge in [0, 0.05) is 4.90 Å². The molecule has 1 aliphatic carbocycles. The molecule has 2 rings (SSSR count). The Kier molecular flexibility index (Phi) is 3.68. The van der Waals surface area contributed by atoms with Crippen LogP contribution in [-0.2, 0) is 10.2 Å². The molecule has 0 aliphatic heterocycles. The Morgan fingerprint density at radius 1 is 1.56 bits per heavy atom. The number of terminal acetylenes is 1. The minimum atomic E-state index is -0.289. The van der Waals surface area contributed by atoms with Gasteiger partial charge >= 0.3 is 5.97 Å². The fourth-order valence-electron chi connectivity index (χ4n) is 2.01. The van der Waals surface area contributed by atoms with Crippen molar-refractivity contribution < 1.29 is 9.53 Å². The monoisotopic (exact) mass is 260 g/mol. The molecule has 0 atom stereocenters. The zero-order valence-corrected chi connectivity index (χ0v) is 11.5. The molecule has 1 aliphatic rings. The van der Waals surface area contributed by atoms with E-state index in [9.17, 15) is 4.79 Å². The number of carbonyl (C=O) groups is 1. The van der Waals surface area contributed by atoms with Crippen molar-refractivity contribution in [3.8, 4) is 12.3 Å². The molecule has 0 spiro atoms. The van der Waals surface area contributed by atoms with Crippen molar-refractivity contribution in [2.75, 3.05) is 12.9 Å². The van der Waals surface area contributed by atoms with Gasteiger partial charge in [-0.2, -0.15) is 0 Å². The molecule has 0 bridgehead atoms. The van der Waals surface area contributed by atoms with Gasteiger partial charge in [-0.1, -0.05) is 18.9 Å². The number of thioether (sulfide) groups is 1. The number of carbonyl (C=O) groups excluding carboxylic acids is 1. The third-order valence-electron chi connectivity index (χ3n) is 3.27. The number of hydrogen-bond donors (Lipinski definition) is 0. The first-order valence-electron chi connectivity index (χ1n) is 6.00. The zero-order valence-electron chi connectivity index (χ0n) is 10.7. The molecule has 1 saturated carbocycles. The molecule has 18 heavy (non-hydrogen) atoms. The number of ether oxygens (including phenoxy) is 1. The normalized spacial score (nSPS) is 15.8. The highest BCUT2D eigenvalue weighted by atomic mass is 32.2. The topological polar surface area (TPSA) is 26.3 Å². The van der Waals surface area contributed by atoms with Gasteiger partial charge in [-0.3, -0.25) is 0 Å². The Balaban J connectivity index is 2.41. The van der Waals surface area contributed by atoms with Crippen LogP contribution >= 0.6 is 11.8 Å². The summed E-state index contributed by atoms with van der Waals surface area (Å²) in [6, 6.07) is 5.84. The van der Waals surface area contributed by atoms with Gasteiger partial charge in [0.1, 0.15) is 0 Å². The van der Waals surface area contributed by atoms with Gasteiger partial charge in [0.25, 0.3) is 0 Å². The van der Waals surface area contributed by atoms with E-state index < -0.39 is 0 Å². The quantitative estimate of drug-likeness (QED) is 0.472. The van der Waals surface area contributed by atoms with Crippen LogP contribution in [-0.4, -0.2) is 18.8 Å². The van der Waals surface area contributed by atoms with Crippen molar-refractivity contribution in [2.45, 2.75) is 30.1 Å². The van der Waals surface area contributed by atoms with Crippen LogP contribution in [0.25, 0.3) is 0 Å². The predicted molar refractivity (Wildman–Crippen MR) is 73.9 cm³/mol. The van der Waals surface area contributed by atoms with Crippen molar-refractivity contribution in [1.29, 1.82) is 0 Å². The number of esters is 1. The zero-order chi connectivity index (χ0) is 13.2. The summed E-state index contributed by atoms with van der Waals surface area (Å²) >= 11 is 1.64. The maximum Gasteiger partial charge on any atom is 0.338 e. The van der Waals surface area contributed by atoms with Crippen LogP contribution in [0.4, 0.5) is 0 Å². The molecule has 94 valence electrons. The summed E-state index contributed by atoms with van der Waals surface area (Å²) in [5.74, 6) is 3.50. The van der Waals surface area contributed by atoms with E-state index in [1.807, 2.05) is 18.2 Å². The largest absolute Gasteiger partial charge is 0.465 e. The average molecular weight is 260 g/mol. The summed E-state index contributed by atoms with van der Waals surface area (Å²) < 4.78 is 4.80. The first-order valence-corrected chi connectivity index (χ1v) is 6.99. The standard InChI is InChI=1S/C15H16O2S/c1-4-15(8-9-15)11-6-7-12(14(16)17-3)13(10-11)18-5-2/h1,6-7,10H,5,8-9H2,2-3H3. The second kappa shape index (κ2) is 5.07. The van der Waals surface area contributed by atoms with Crippen LogP contribution in [0.5, 0.6) is 0 Å². The maximum atomic E-state index is 11.7. The Morgan fingerprint density at radius 2 is 2.28 bits per heavy atom. The van der Waals surface area contributed by atoms with E-state index in [0.29, 0.717) is 5.56 Å². The van der Waals surface area contributed by atoms with E-state index in [-0.39, 0.29) is 11.4 Å². The van der Waals surface area contributed by atoms with Crippen molar-refractivity contribution in [2.24, 2.45) is 0 Å². The van der Waals surface area contributed by atoms with Gasteiger partial charge in [0.15, 0.2) is 0 Å². The molecule has 1 aromatic rings. The van der Waals surface area contributed by atoms with Crippen LogP contribution in [0, 0.1) is 12.3 Å². The van der Waals surface area contributed by atoms with Gasteiger partial charge in [-0.15, -0.1) is 18.2 Å². The molecule has 0 heterocycles. The molecular formula is C15H16O2S. The molecule has 0 saturated heterocycles. The smallest absolute Gasteiger partial charge is 0.338 e. The summed E-state index contributed by atoms with van der Waals surface area (Å²) in [4.78, 5) is 12.6. The number of benzene rings is 1.